The topological polar surface area (TPSA) is 0 Å². The van der Waals surface area contributed by atoms with Crippen LogP contribution in [0.2, 0.25) is 0 Å². The highest BCUT2D eigenvalue weighted by molar-refractivity contribution is 9.09. The average molecular weight is 510 g/mol. The van der Waals surface area contributed by atoms with Crippen LogP contribution in [0.1, 0.15) is 43.6 Å². The van der Waals surface area contributed by atoms with E-state index in [0.29, 0.717) is 0 Å². The number of alkyl halides is 2. The molecule has 0 N–H and O–H groups in total. The van der Waals surface area contributed by atoms with Crippen LogP contribution in [-0.2, 0) is 5.41 Å². The van der Waals surface area contributed by atoms with E-state index in [2.05, 4.69) is 137 Å². The van der Waals surface area contributed by atoms with E-state index in [1.807, 2.05) is 0 Å². The Hall–Kier alpha value is -2.87. The Bertz CT molecular complexity index is 1280. The molecule has 2 aliphatic rings. The van der Waals surface area contributed by atoms with Crippen LogP contribution in [0.15, 0.2) is 120 Å². The van der Waals surface area contributed by atoms with Gasteiger partial charge in [-0.15, -0.1) is 11.6 Å². The molecule has 0 aromatic heterocycles. The second-order valence-corrected chi connectivity index (χ2v) is 10.0. The normalized spacial score (nSPS) is 19.0. The number of halogens is 2. The second kappa shape index (κ2) is 8.17. The fourth-order valence-corrected chi connectivity index (χ4v) is 6.85. The molecule has 2 atom stereocenters. The van der Waals surface area contributed by atoms with Crippen molar-refractivity contribution in [1.82, 2.24) is 0 Å². The van der Waals surface area contributed by atoms with Gasteiger partial charge < -0.3 is 0 Å². The Balaban J connectivity index is 1.70. The van der Waals surface area contributed by atoms with E-state index >= 15 is 0 Å². The van der Waals surface area contributed by atoms with Gasteiger partial charge in [0, 0.05) is 0 Å². The SMILES string of the molecule is ClC1C(C(C2=Cc3ccccc3C2Br)(c2ccccc2)c2ccccc2)=Cc2ccccc21. The van der Waals surface area contributed by atoms with Gasteiger partial charge in [0.25, 0.3) is 0 Å². The van der Waals surface area contributed by atoms with Gasteiger partial charge in [0.1, 0.15) is 0 Å². The van der Waals surface area contributed by atoms with E-state index in [9.17, 15) is 0 Å². The molecule has 0 amide bonds. The molecular formula is C31H22BrCl. The molecule has 0 fully saturated rings. The average Bonchev–Trinajstić information content (AvgIpc) is 3.39. The van der Waals surface area contributed by atoms with Crippen molar-refractivity contribution in [3.63, 3.8) is 0 Å². The van der Waals surface area contributed by atoms with Crippen molar-refractivity contribution in [2.75, 3.05) is 0 Å². The molecular weight excluding hydrogens is 488 g/mol. The molecule has 0 spiro atoms. The highest BCUT2D eigenvalue weighted by atomic mass is 79.9. The third-order valence-corrected chi connectivity index (χ3v) is 8.44. The Morgan fingerprint density at radius 3 is 1.55 bits per heavy atom. The number of allylic oxidation sites excluding steroid dienone is 2. The summed E-state index contributed by atoms with van der Waals surface area (Å²) in [6.45, 7) is 0. The molecule has 33 heavy (non-hydrogen) atoms. The predicted octanol–water partition coefficient (Wildman–Crippen LogP) is 8.88. The van der Waals surface area contributed by atoms with Gasteiger partial charge in [-0.2, -0.15) is 0 Å². The lowest BCUT2D eigenvalue weighted by atomic mass is 9.63. The summed E-state index contributed by atoms with van der Waals surface area (Å²) >= 11 is 11.4. The molecule has 4 aromatic rings. The standard InChI is InChI=1S/C31H22BrCl/c32-29-25-17-9-7-11-21(25)19-27(29)31(23-13-3-1-4-14-23,24-15-5-2-6-16-24)28-20-22-12-8-10-18-26(22)30(28)33/h1-20,29-30H. The predicted molar refractivity (Wildman–Crippen MR) is 143 cm³/mol. The van der Waals surface area contributed by atoms with Crippen molar-refractivity contribution in [3.8, 4) is 0 Å². The zero-order valence-electron chi connectivity index (χ0n) is 18.0. The maximum absolute atomic E-state index is 7.32. The van der Waals surface area contributed by atoms with Crippen molar-refractivity contribution in [2.24, 2.45) is 0 Å². The largest absolute Gasteiger partial charge is 0.113 e. The molecule has 0 heterocycles. The first-order valence-electron chi connectivity index (χ1n) is 11.2. The second-order valence-electron chi connectivity index (χ2n) is 8.66. The third kappa shape index (κ3) is 3.10. The smallest absolute Gasteiger partial charge is 0.0819 e. The van der Waals surface area contributed by atoms with Crippen molar-refractivity contribution < 1.29 is 0 Å². The van der Waals surface area contributed by atoms with Crippen molar-refractivity contribution in [3.05, 3.63) is 154 Å². The molecule has 0 saturated carbocycles. The lowest BCUT2D eigenvalue weighted by molar-refractivity contribution is 0.677. The maximum Gasteiger partial charge on any atom is 0.0819 e. The lowest BCUT2D eigenvalue weighted by Crippen LogP contribution is -2.34. The fourth-order valence-electron chi connectivity index (χ4n) is 5.54. The number of rotatable bonds is 4. The third-order valence-electron chi connectivity index (χ3n) is 6.99. The molecule has 0 nitrogen and oxygen atoms in total. The van der Waals surface area contributed by atoms with E-state index < -0.39 is 5.41 Å². The number of fused-ring (bicyclic) bond motifs is 2. The summed E-state index contributed by atoms with van der Waals surface area (Å²) in [6, 6.07) is 38.8. The van der Waals surface area contributed by atoms with Gasteiger partial charge in [-0.05, 0) is 44.5 Å². The zero-order chi connectivity index (χ0) is 22.4. The summed E-state index contributed by atoms with van der Waals surface area (Å²) in [6.07, 6.45) is 4.68. The van der Waals surface area contributed by atoms with E-state index in [0.717, 1.165) is 0 Å². The minimum absolute atomic E-state index is 0.0857. The maximum atomic E-state index is 7.32. The van der Waals surface area contributed by atoms with Crippen LogP contribution in [0.3, 0.4) is 0 Å². The van der Waals surface area contributed by atoms with Gasteiger partial charge in [-0.1, -0.05) is 137 Å². The first-order chi connectivity index (χ1) is 16.2. The highest BCUT2D eigenvalue weighted by Crippen LogP contribution is 2.60. The van der Waals surface area contributed by atoms with Crippen LogP contribution < -0.4 is 0 Å². The fraction of sp³-hybridized carbons (Fsp3) is 0.0968. The lowest BCUT2D eigenvalue weighted by Gasteiger charge is -2.41. The Morgan fingerprint density at radius 2 is 1.00 bits per heavy atom. The molecule has 0 radical (unpaired) electrons. The molecule has 0 saturated heterocycles. The first-order valence-corrected chi connectivity index (χ1v) is 12.6. The molecule has 6 rings (SSSR count). The van der Waals surface area contributed by atoms with Crippen LogP contribution in [-0.4, -0.2) is 0 Å². The van der Waals surface area contributed by atoms with Crippen molar-refractivity contribution >= 4 is 39.7 Å². The molecule has 0 aliphatic heterocycles. The minimum atomic E-state index is -0.513. The van der Waals surface area contributed by atoms with Crippen LogP contribution in [0.25, 0.3) is 12.2 Å². The van der Waals surface area contributed by atoms with Gasteiger partial charge in [-0.25, -0.2) is 0 Å². The van der Waals surface area contributed by atoms with E-state index in [-0.39, 0.29) is 10.2 Å². The molecule has 0 bridgehead atoms. The summed E-state index contributed by atoms with van der Waals surface area (Å²) in [5.74, 6) is 0. The monoisotopic (exact) mass is 508 g/mol. The number of hydrogen-bond donors (Lipinski definition) is 0. The van der Waals surface area contributed by atoms with E-state index in [1.54, 1.807) is 0 Å². The van der Waals surface area contributed by atoms with E-state index in [1.165, 1.54) is 44.5 Å². The van der Waals surface area contributed by atoms with Gasteiger partial charge in [0.15, 0.2) is 0 Å². The molecule has 4 aromatic carbocycles. The molecule has 160 valence electrons. The van der Waals surface area contributed by atoms with Crippen LogP contribution in [0.5, 0.6) is 0 Å². The Morgan fingerprint density at radius 1 is 0.545 bits per heavy atom. The Kier molecular flexibility index (Phi) is 5.13. The van der Waals surface area contributed by atoms with Gasteiger partial charge in [0.2, 0.25) is 0 Å². The van der Waals surface area contributed by atoms with Gasteiger partial charge in [0.05, 0.1) is 15.6 Å². The summed E-state index contributed by atoms with van der Waals surface area (Å²) in [4.78, 5) is 0.0857. The van der Waals surface area contributed by atoms with Crippen LogP contribution in [0.4, 0.5) is 0 Å². The van der Waals surface area contributed by atoms with Crippen LogP contribution in [0, 0.1) is 0 Å². The summed E-state index contributed by atoms with van der Waals surface area (Å²) in [5.41, 5.74) is 9.37. The summed E-state index contributed by atoms with van der Waals surface area (Å²) < 4.78 is 0. The van der Waals surface area contributed by atoms with Gasteiger partial charge in [-0.3, -0.25) is 0 Å². The number of hydrogen-bond acceptors (Lipinski definition) is 0. The zero-order valence-corrected chi connectivity index (χ0v) is 20.3. The molecule has 2 aliphatic carbocycles. The first kappa shape index (κ1) is 20.7. The highest BCUT2D eigenvalue weighted by Gasteiger charge is 2.49. The number of benzene rings is 4. The van der Waals surface area contributed by atoms with E-state index in [4.69, 9.17) is 11.6 Å². The minimum Gasteiger partial charge on any atom is -0.113 e. The Labute approximate surface area is 208 Å². The van der Waals surface area contributed by atoms with Crippen molar-refractivity contribution in [1.29, 1.82) is 0 Å². The molecule has 2 heteroatoms. The molecule has 2 unspecified atom stereocenters. The van der Waals surface area contributed by atoms with Gasteiger partial charge >= 0.3 is 0 Å². The summed E-state index contributed by atoms with van der Waals surface area (Å²) in [5, 5.41) is -0.217. The quantitative estimate of drug-likeness (QED) is 0.241. The van der Waals surface area contributed by atoms with Crippen LogP contribution >= 0.6 is 27.5 Å². The summed E-state index contributed by atoms with van der Waals surface area (Å²) in [7, 11) is 0. The van der Waals surface area contributed by atoms with Crippen molar-refractivity contribution in [2.45, 2.75) is 15.6 Å².